The van der Waals surface area contributed by atoms with Gasteiger partial charge in [-0.2, -0.15) is 0 Å². The molecule has 0 radical (unpaired) electrons. The zero-order chi connectivity index (χ0) is 37.1. The normalized spacial score (nSPS) is 15.3. The molecule has 0 saturated heterocycles. The third-order valence-electron chi connectivity index (χ3n) is 7.22. The van der Waals surface area contributed by atoms with E-state index in [0.29, 0.717) is 12.8 Å². The van der Waals surface area contributed by atoms with E-state index in [1.807, 2.05) is 20.8 Å². The fraction of sp³-hybridized carbons (Fsp3) is 0.724. The summed E-state index contributed by atoms with van der Waals surface area (Å²) >= 11 is 0. The van der Waals surface area contributed by atoms with Crippen LogP contribution in [0.1, 0.15) is 67.2 Å². The number of aliphatic imine (C=N–C) groups is 1. The summed E-state index contributed by atoms with van der Waals surface area (Å²) < 4.78 is 0. The smallest absolute Gasteiger partial charge is 0.325 e. The number of hydrogen-bond acceptors (Lipinski definition) is 10. The van der Waals surface area contributed by atoms with Crippen LogP contribution in [0.3, 0.4) is 0 Å². The summed E-state index contributed by atoms with van der Waals surface area (Å²) in [5, 5.41) is 32.7. The van der Waals surface area contributed by atoms with Crippen molar-refractivity contribution >= 4 is 47.4 Å². The van der Waals surface area contributed by atoms with Gasteiger partial charge in [-0.25, -0.2) is 0 Å². The number of guanidine groups is 1. The van der Waals surface area contributed by atoms with Crippen LogP contribution >= 0.6 is 0 Å². The Morgan fingerprint density at radius 1 is 0.729 bits per heavy atom. The lowest BCUT2D eigenvalue weighted by Gasteiger charge is -2.26. The molecule has 0 rings (SSSR count). The van der Waals surface area contributed by atoms with Gasteiger partial charge in [0.05, 0.1) is 19.2 Å². The second-order valence-corrected chi connectivity index (χ2v) is 11.9. The van der Waals surface area contributed by atoms with E-state index in [2.05, 4.69) is 36.9 Å². The molecule has 0 bridgehead atoms. The van der Waals surface area contributed by atoms with Crippen LogP contribution in [0.5, 0.6) is 0 Å². The highest BCUT2D eigenvalue weighted by molar-refractivity contribution is 5.96. The summed E-state index contributed by atoms with van der Waals surface area (Å²) in [6.07, 6.45) is 1.28. The lowest BCUT2D eigenvalue weighted by Crippen LogP contribution is -2.58. The van der Waals surface area contributed by atoms with E-state index in [0.717, 1.165) is 0 Å². The van der Waals surface area contributed by atoms with Crippen molar-refractivity contribution in [2.75, 3.05) is 19.7 Å². The molecule has 19 nitrogen and oxygen atoms in total. The van der Waals surface area contributed by atoms with Crippen LogP contribution in [-0.4, -0.2) is 114 Å². The highest BCUT2D eigenvalue weighted by Crippen LogP contribution is 2.09. The number of nitrogens with two attached hydrogens (primary N) is 3. The topological polar surface area (TPSA) is 323 Å². The summed E-state index contributed by atoms with van der Waals surface area (Å²) in [5.41, 5.74) is 16.8. The Kier molecular flexibility index (Phi) is 20.0. The predicted octanol–water partition coefficient (Wildman–Crippen LogP) is -3.88. The highest BCUT2D eigenvalue weighted by Gasteiger charge is 2.31. The average Bonchev–Trinajstić information content (AvgIpc) is 3.01. The monoisotopic (exact) mass is 686 g/mol. The second-order valence-electron chi connectivity index (χ2n) is 11.9. The third kappa shape index (κ3) is 16.9. The molecule has 0 spiro atoms. The maximum atomic E-state index is 13.4. The molecule has 6 amide bonds. The molecule has 0 aromatic carbocycles. The minimum Gasteiger partial charge on any atom is -0.480 e. The average molecular weight is 687 g/mol. The fourth-order valence-electron chi connectivity index (χ4n) is 4.04. The Balaban J connectivity index is 5.47. The Morgan fingerprint density at radius 3 is 1.79 bits per heavy atom. The molecule has 274 valence electrons. The van der Waals surface area contributed by atoms with Crippen molar-refractivity contribution in [3.8, 4) is 0 Å². The molecular formula is C29H54N10O9. The zero-order valence-corrected chi connectivity index (χ0v) is 28.5. The van der Waals surface area contributed by atoms with Crippen LogP contribution in [0.25, 0.3) is 0 Å². The van der Waals surface area contributed by atoms with Crippen LogP contribution < -0.4 is 49.1 Å². The molecule has 0 aliphatic rings. The lowest BCUT2D eigenvalue weighted by molar-refractivity contribution is -0.142. The lowest BCUT2D eigenvalue weighted by atomic mass is 9.98. The Labute approximate surface area is 280 Å². The maximum Gasteiger partial charge on any atom is 0.325 e. The Morgan fingerprint density at radius 2 is 1.27 bits per heavy atom. The fourth-order valence-corrected chi connectivity index (χ4v) is 4.04. The SMILES string of the molecule is CC[C@H](C)[C@H](N)C(=O)N[C@@H](CCCN=C(N)N)C(=O)N[C@@H](CC(C)C)C(=O)N[C@@H](C)C(=O)NCC(=O)N[C@@H](CO)C(=O)N[C@@H](C)C(=O)O. The molecule has 7 atom stereocenters. The molecule has 0 heterocycles. The van der Waals surface area contributed by atoms with E-state index in [9.17, 15) is 38.7 Å². The Bertz CT molecular complexity index is 1150. The summed E-state index contributed by atoms with van der Waals surface area (Å²) in [6.45, 7) is 8.59. The number of aliphatic carboxylic acids is 1. The first-order valence-corrected chi connectivity index (χ1v) is 15.8. The van der Waals surface area contributed by atoms with Gasteiger partial charge in [-0.1, -0.05) is 34.1 Å². The maximum absolute atomic E-state index is 13.4. The molecule has 14 N–H and O–H groups in total. The van der Waals surface area contributed by atoms with Crippen LogP contribution in [-0.2, 0) is 33.6 Å². The first-order valence-electron chi connectivity index (χ1n) is 15.8. The number of carboxylic acids is 1. The number of nitrogens with one attached hydrogen (secondary N) is 6. The van der Waals surface area contributed by atoms with Gasteiger partial charge in [0.25, 0.3) is 0 Å². The van der Waals surface area contributed by atoms with Crippen LogP contribution in [0.15, 0.2) is 4.99 Å². The first-order chi connectivity index (χ1) is 22.3. The third-order valence-corrected chi connectivity index (χ3v) is 7.22. The van der Waals surface area contributed by atoms with Gasteiger partial charge in [-0.15, -0.1) is 0 Å². The van der Waals surface area contributed by atoms with Crippen molar-refractivity contribution in [3.05, 3.63) is 0 Å². The van der Waals surface area contributed by atoms with Gasteiger partial charge >= 0.3 is 5.97 Å². The van der Waals surface area contributed by atoms with Gasteiger partial charge in [0.15, 0.2) is 5.96 Å². The van der Waals surface area contributed by atoms with Gasteiger partial charge in [0.2, 0.25) is 35.4 Å². The Hall–Kier alpha value is -4.52. The van der Waals surface area contributed by atoms with Gasteiger partial charge in [0, 0.05) is 6.54 Å². The van der Waals surface area contributed by atoms with Crippen LogP contribution in [0.2, 0.25) is 0 Å². The summed E-state index contributed by atoms with van der Waals surface area (Å²) in [7, 11) is 0. The van der Waals surface area contributed by atoms with Crippen molar-refractivity contribution in [2.24, 2.45) is 34.0 Å². The van der Waals surface area contributed by atoms with E-state index in [1.54, 1.807) is 6.92 Å². The second kappa shape index (κ2) is 22.1. The summed E-state index contributed by atoms with van der Waals surface area (Å²) in [5.74, 6) is -6.16. The molecule has 0 saturated carbocycles. The number of carboxylic acid groups (broad SMARTS) is 1. The van der Waals surface area contributed by atoms with Crippen molar-refractivity contribution in [1.82, 2.24) is 31.9 Å². The van der Waals surface area contributed by atoms with Gasteiger partial charge in [-0.3, -0.25) is 38.6 Å². The van der Waals surface area contributed by atoms with Gasteiger partial charge in [-0.05, 0) is 44.9 Å². The molecule has 48 heavy (non-hydrogen) atoms. The van der Waals surface area contributed by atoms with E-state index < -0.39 is 90.8 Å². The minimum absolute atomic E-state index is 0.0715. The zero-order valence-electron chi connectivity index (χ0n) is 28.5. The largest absolute Gasteiger partial charge is 0.480 e. The van der Waals surface area contributed by atoms with Crippen molar-refractivity contribution in [2.45, 2.75) is 103 Å². The molecule has 19 heteroatoms. The van der Waals surface area contributed by atoms with E-state index in [4.69, 9.17) is 22.3 Å². The number of carbonyl (C=O) groups excluding carboxylic acids is 6. The quantitative estimate of drug-likeness (QED) is 0.0296. The number of carbonyl (C=O) groups is 7. The summed E-state index contributed by atoms with van der Waals surface area (Å²) in [4.78, 5) is 91.3. The van der Waals surface area contributed by atoms with Crippen molar-refractivity contribution in [1.29, 1.82) is 0 Å². The van der Waals surface area contributed by atoms with Crippen molar-refractivity contribution in [3.63, 3.8) is 0 Å². The van der Waals surface area contributed by atoms with Crippen LogP contribution in [0, 0.1) is 11.8 Å². The molecule has 0 aromatic heterocycles. The standard InChI is InChI=1S/C29H54N10O9/c1-7-15(4)22(30)27(46)38-18(9-8-10-33-29(31)32)24(43)39-19(11-14(2)3)25(44)35-16(5)23(42)34-12-21(41)37-20(13-40)26(45)36-17(6)28(47)48/h14-20,22,40H,7-13,30H2,1-6H3,(H,34,42)(H,35,44)(H,36,45)(H,37,41)(H,38,46)(H,39,43)(H,47,48)(H4,31,32,33)/t15-,16-,17-,18-,19-,20-,22-/m0/s1. The number of hydrogen-bond donors (Lipinski definition) is 11. The molecule has 0 fully saturated rings. The predicted molar refractivity (Wildman–Crippen MR) is 176 cm³/mol. The molecule has 0 aromatic rings. The molecule has 0 aliphatic carbocycles. The summed E-state index contributed by atoms with van der Waals surface area (Å²) in [6, 6.07) is -6.96. The van der Waals surface area contributed by atoms with Crippen molar-refractivity contribution < 1.29 is 43.8 Å². The molecule has 0 unspecified atom stereocenters. The number of amides is 6. The van der Waals surface area contributed by atoms with E-state index in [-0.39, 0.29) is 37.2 Å². The van der Waals surface area contributed by atoms with E-state index >= 15 is 0 Å². The number of rotatable bonds is 22. The molecule has 0 aliphatic heterocycles. The minimum atomic E-state index is -1.47. The van der Waals surface area contributed by atoms with Gasteiger partial charge < -0.3 is 59.3 Å². The number of nitrogens with zero attached hydrogens (tertiary/aromatic N) is 1. The van der Waals surface area contributed by atoms with E-state index in [1.165, 1.54) is 13.8 Å². The first kappa shape index (κ1) is 43.5. The number of aliphatic hydroxyl groups excluding tert-OH is 1. The highest BCUT2D eigenvalue weighted by atomic mass is 16.4. The van der Waals surface area contributed by atoms with Crippen LogP contribution in [0.4, 0.5) is 0 Å². The molecular weight excluding hydrogens is 632 g/mol. The van der Waals surface area contributed by atoms with Gasteiger partial charge in [0.1, 0.15) is 30.2 Å². The number of aliphatic hydroxyl groups is 1.